The number of anilines is 1. The van der Waals surface area contributed by atoms with Gasteiger partial charge in [0.05, 0.1) is 16.5 Å². The summed E-state index contributed by atoms with van der Waals surface area (Å²) in [5, 5.41) is 15.0. The fourth-order valence-electron chi connectivity index (χ4n) is 1.45. The van der Waals surface area contributed by atoms with E-state index in [-0.39, 0.29) is 0 Å². The molecule has 2 aromatic rings. The lowest BCUT2D eigenvalue weighted by Crippen LogP contribution is -2.07. The van der Waals surface area contributed by atoms with E-state index < -0.39 is 6.23 Å². The topological polar surface area (TPSA) is 41.5 Å². The number of benzene rings is 1. The van der Waals surface area contributed by atoms with Crippen LogP contribution >= 0.6 is 43.2 Å². The van der Waals surface area contributed by atoms with Crippen molar-refractivity contribution in [2.45, 2.75) is 6.23 Å². The van der Waals surface area contributed by atoms with Crippen LogP contribution in [0.1, 0.15) is 11.1 Å². The SMILES string of the molecule is COc1cc(NC(O)c2cc(Br)cs2)ccc1Br. The number of rotatable bonds is 4. The van der Waals surface area contributed by atoms with Gasteiger partial charge in [-0.05, 0) is 50.1 Å². The molecule has 0 radical (unpaired) electrons. The Hall–Kier alpha value is -0.560. The predicted octanol–water partition coefficient (Wildman–Crippen LogP) is 4.38. The lowest BCUT2D eigenvalue weighted by Gasteiger charge is -2.14. The highest BCUT2D eigenvalue weighted by atomic mass is 79.9. The maximum atomic E-state index is 10.0. The van der Waals surface area contributed by atoms with Crippen LogP contribution < -0.4 is 10.1 Å². The zero-order valence-corrected chi connectivity index (χ0v) is 13.5. The molecule has 18 heavy (non-hydrogen) atoms. The Bertz CT molecular complexity index is 545. The normalized spacial score (nSPS) is 12.2. The number of ether oxygens (including phenoxy) is 1. The summed E-state index contributed by atoms with van der Waals surface area (Å²) in [5.41, 5.74) is 0.798. The quantitative estimate of drug-likeness (QED) is 0.758. The third-order valence-electron chi connectivity index (χ3n) is 2.31. The maximum absolute atomic E-state index is 10.0. The van der Waals surface area contributed by atoms with Crippen molar-refractivity contribution in [1.29, 1.82) is 0 Å². The third-order valence-corrected chi connectivity index (χ3v) is 4.71. The van der Waals surface area contributed by atoms with Gasteiger partial charge < -0.3 is 15.2 Å². The monoisotopic (exact) mass is 391 g/mol. The second-order valence-electron chi connectivity index (χ2n) is 3.56. The van der Waals surface area contributed by atoms with Gasteiger partial charge in [-0.15, -0.1) is 11.3 Å². The largest absolute Gasteiger partial charge is 0.495 e. The molecular formula is C12H11Br2NO2S. The number of hydrogen-bond acceptors (Lipinski definition) is 4. The number of nitrogens with one attached hydrogen (secondary N) is 1. The number of aliphatic hydroxyl groups excluding tert-OH is 1. The smallest absolute Gasteiger partial charge is 0.160 e. The molecule has 1 heterocycles. The van der Waals surface area contributed by atoms with Crippen molar-refractivity contribution in [3.63, 3.8) is 0 Å². The van der Waals surface area contributed by atoms with E-state index in [0.717, 1.165) is 25.3 Å². The van der Waals surface area contributed by atoms with Crippen LogP contribution in [0.4, 0.5) is 5.69 Å². The first kappa shape index (κ1) is 13.9. The molecule has 1 aromatic carbocycles. The van der Waals surface area contributed by atoms with Gasteiger partial charge in [-0.1, -0.05) is 0 Å². The molecule has 0 aliphatic rings. The Kier molecular flexibility index (Phi) is 4.66. The minimum Gasteiger partial charge on any atom is -0.495 e. The highest BCUT2D eigenvalue weighted by Gasteiger charge is 2.10. The molecule has 0 aliphatic heterocycles. The molecule has 96 valence electrons. The Morgan fingerprint density at radius 1 is 1.33 bits per heavy atom. The van der Waals surface area contributed by atoms with Crippen molar-refractivity contribution >= 4 is 48.9 Å². The van der Waals surface area contributed by atoms with Gasteiger partial charge in [-0.2, -0.15) is 0 Å². The number of methoxy groups -OCH3 is 1. The molecule has 0 bridgehead atoms. The molecule has 0 amide bonds. The Morgan fingerprint density at radius 2 is 2.11 bits per heavy atom. The fraction of sp³-hybridized carbons (Fsp3) is 0.167. The van der Waals surface area contributed by atoms with E-state index in [9.17, 15) is 5.11 Å². The molecule has 1 unspecified atom stereocenters. The summed E-state index contributed by atoms with van der Waals surface area (Å²) in [7, 11) is 1.61. The van der Waals surface area contributed by atoms with E-state index in [4.69, 9.17) is 4.74 Å². The van der Waals surface area contributed by atoms with Crippen molar-refractivity contribution in [3.8, 4) is 5.75 Å². The Balaban J connectivity index is 2.14. The molecule has 0 saturated heterocycles. The van der Waals surface area contributed by atoms with E-state index in [1.165, 1.54) is 11.3 Å². The summed E-state index contributed by atoms with van der Waals surface area (Å²) in [5.74, 6) is 0.722. The summed E-state index contributed by atoms with van der Waals surface area (Å²) in [6.45, 7) is 0. The number of halogens is 2. The fourth-order valence-corrected chi connectivity index (χ4v) is 3.24. The van der Waals surface area contributed by atoms with Crippen LogP contribution in [-0.2, 0) is 0 Å². The molecule has 0 saturated carbocycles. The van der Waals surface area contributed by atoms with Gasteiger partial charge in [0.25, 0.3) is 0 Å². The zero-order valence-electron chi connectivity index (χ0n) is 9.48. The molecule has 0 fully saturated rings. The van der Waals surface area contributed by atoms with E-state index in [1.807, 2.05) is 29.6 Å². The van der Waals surface area contributed by atoms with E-state index in [0.29, 0.717) is 0 Å². The number of thiophene rings is 1. The van der Waals surface area contributed by atoms with Crippen molar-refractivity contribution in [1.82, 2.24) is 0 Å². The summed E-state index contributed by atoms with van der Waals surface area (Å²) in [6, 6.07) is 7.46. The lowest BCUT2D eigenvalue weighted by molar-refractivity contribution is 0.212. The molecule has 2 rings (SSSR count). The zero-order chi connectivity index (χ0) is 13.1. The average Bonchev–Trinajstić information content (AvgIpc) is 2.78. The predicted molar refractivity (Wildman–Crippen MR) is 81.3 cm³/mol. The molecule has 1 aromatic heterocycles. The first-order valence-corrected chi connectivity index (χ1v) is 7.59. The minimum absolute atomic E-state index is 0.722. The summed E-state index contributed by atoms with van der Waals surface area (Å²) >= 11 is 8.24. The third kappa shape index (κ3) is 3.26. The van der Waals surface area contributed by atoms with Crippen molar-refractivity contribution in [2.24, 2.45) is 0 Å². The van der Waals surface area contributed by atoms with Gasteiger partial charge in [-0.25, -0.2) is 0 Å². The van der Waals surface area contributed by atoms with Crippen LogP contribution in [0, 0.1) is 0 Å². The van der Waals surface area contributed by atoms with Crippen LogP contribution in [0.2, 0.25) is 0 Å². The van der Waals surface area contributed by atoms with Gasteiger partial charge in [-0.3, -0.25) is 0 Å². The molecular weight excluding hydrogens is 382 g/mol. The highest BCUT2D eigenvalue weighted by molar-refractivity contribution is 9.10. The van der Waals surface area contributed by atoms with Gasteiger partial charge in [0, 0.05) is 21.6 Å². The Labute approximate surface area is 126 Å². The maximum Gasteiger partial charge on any atom is 0.160 e. The minimum atomic E-state index is -0.729. The number of aliphatic hydroxyl groups is 1. The van der Waals surface area contributed by atoms with Crippen LogP contribution in [-0.4, -0.2) is 12.2 Å². The van der Waals surface area contributed by atoms with Crippen molar-refractivity contribution in [2.75, 3.05) is 12.4 Å². The Morgan fingerprint density at radius 3 is 2.72 bits per heavy atom. The van der Waals surface area contributed by atoms with E-state index >= 15 is 0 Å². The van der Waals surface area contributed by atoms with E-state index in [2.05, 4.69) is 37.2 Å². The first-order chi connectivity index (χ1) is 8.60. The van der Waals surface area contributed by atoms with Crippen LogP contribution in [0.15, 0.2) is 38.6 Å². The standard InChI is InChI=1S/C12H11Br2NO2S/c1-17-10-5-8(2-3-9(10)14)15-12(16)11-4-7(13)6-18-11/h2-6,12,15-16H,1H3. The van der Waals surface area contributed by atoms with Crippen LogP contribution in [0.25, 0.3) is 0 Å². The van der Waals surface area contributed by atoms with Crippen LogP contribution in [0.3, 0.4) is 0 Å². The van der Waals surface area contributed by atoms with Crippen molar-refractivity contribution < 1.29 is 9.84 Å². The second kappa shape index (κ2) is 6.06. The molecule has 6 heteroatoms. The van der Waals surface area contributed by atoms with E-state index in [1.54, 1.807) is 7.11 Å². The average molecular weight is 393 g/mol. The lowest BCUT2D eigenvalue weighted by atomic mass is 10.3. The second-order valence-corrected chi connectivity index (χ2v) is 6.28. The summed E-state index contributed by atoms with van der Waals surface area (Å²) in [4.78, 5) is 0.851. The summed E-state index contributed by atoms with van der Waals surface area (Å²) < 4.78 is 7.05. The first-order valence-electron chi connectivity index (χ1n) is 5.12. The molecule has 1 atom stereocenters. The van der Waals surface area contributed by atoms with Gasteiger partial charge >= 0.3 is 0 Å². The highest BCUT2D eigenvalue weighted by Crippen LogP contribution is 2.31. The van der Waals surface area contributed by atoms with Crippen LogP contribution in [0.5, 0.6) is 5.75 Å². The number of hydrogen-bond donors (Lipinski definition) is 2. The van der Waals surface area contributed by atoms with Crippen molar-refractivity contribution in [3.05, 3.63) is 43.5 Å². The van der Waals surface area contributed by atoms with Gasteiger partial charge in [0.15, 0.2) is 6.23 Å². The molecule has 2 N–H and O–H groups in total. The van der Waals surface area contributed by atoms with Gasteiger partial charge in [0.1, 0.15) is 5.75 Å². The molecule has 0 spiro atoms. The molecule has 3 nitrogen and oxygen atoms in total. The molecule has 0 aliphatic carbocycles. The summed E-state index contributed by atoms with van der Waals surface area (Å²) in [6.07, 6.45) is -0.729. The van der Waals surface area contributed by atoms with Gasteiger partial charge in [0.2, 0.25) is 0 Å².